The molecule has 2 aromatic rings. The number of nitro groups is 1. The molecule has 0 spiro atoms. The Balaban J connectivity index is 1.51. The normalized spacial score (nSPS) is 16.7. The van der Waals surface area contributed by atoms with E-state index < -0.39 is 10.8 Å². The molecule has 124 valence electrons. The maximum absolute atomic E-state index is 12.3. The molecule has 0 bridgehead atoms. The molecule has 2 aliphatic carbocycles. The van der Waals surface area contributed by atoms with E-state index in [1.165, 1.54) is 17.4 Å². The molecule has 24 heavy (non-hydrogen) atoms. The van der Waals surface area contributed by atoms with Gasteiger partial charge in [0, 0.05) is 23.6 Å². The molecule has 8 nitrogen and oxygen atoms in total. The average Bonchev–Trinajstić information content (AvgIpc) is 3.48. The molecule has 0 atom stereocenters. The fourth-order valence-electron chi connectivity index (χ4n) is 2.34. The largest absolute Gasteiger partial charge is 0.377 e. The van der Waals surface area contributed by atoms with E-state index >= 15 is 0 Å². The summed E-state index contributed by atoms with van der Waals surface area (Å²) >= 11 is 1.36. The zero-order valence-corrected chi connectivity index (χ0v) is 13.5. The van der Waals surface area contributed by atoms with Crippen molar-refractivity contribution < 1.29 is 9.72 Å². The van der Waals surface area contributed by atoms with Crippen molar-refractivity contribution in [2.75, 3.05) is 10.6 Å². The number of benzene rings is 1. The molecule has 4 rings (SSSR count). The molecule has 2 saturated carbocycles. The molecular formula is C15H15N5O3S. The first kappa shape index (κ1) is 15.0. The van der Waals surface area contributed by atoms with E-state index in [1.54, 1.807) is 12.1 Å². The van der Waals surface area contributed by atoms with E-state index in [2.05, 4.69) is 20.8 Å². The Hall–Kier alpha value is -2.55. The number of nitro benzene ring substituents is 1. The van der Waals surface area contributed by atoms with Gasteiger partial charge in [0.15, 0.2) is 0 Å². The first-order valence-corrected chi connectivity index (χ1v) is 8.61. The summed E-state index contributed by atoms with van der Waals surface area (Å²) in [5.41, 5.74) is 0.586. The number of nitrogens with zero attached hydrogens (tertiary/aromatic N) is 3. The number of aromatic nitrogens is 2. The summed E-state index contributed by atoms with van der Waals surface area (Å²) in [6, 6.07) is 4.76. The van der Waals surface area contributed by atoms with Gasteiger partial charge in [-0.1, -0.05) is 11.3 Å². The van der Waals surface area contributed by atoms with Crippen LogP contribution in [0.1, 0.15) is 47.0 Å². The Bertz CT molecular complexity index is 813. The predicted molar refractivity (Wildman–Crippen MR) is 89.6 cm³/mol. The molecule has 0 aliphatic heterocycles. The minimum absolute atomic E-state index is 0.0921. The lowest BCUT2D eigenvalue weighted by Gasteiger charge is -2.07. The molecule has 0 radical (unpaired) electrons. The van der Waals surface area contributed by atoms with Gasteiger partial charge < -0.3 is 5.32 Å². The second-order valence-electron chi connectivity index (χ2n) is 6.08. The van der Waals surface area contributed by atoms with Gasteiger partial charge in [-0.25, -0.2) is 0 Å². The van der Waals surface area contributed by atoms with Crippen LogP contribution >= 0.6 is 11.3 Å². The summed E-state index contributed by atoms with van der Waals surface area (Å²) in [5, 5.41) is 26.4. The smallest absolute Gasteiger partial charge is 0.293 e. The van der Waals surface area contributed by atoms with Crippen molar-refractivity contribution in [1.29, 1.82) is 0 Å². The Labute approximate surface area is 141 Å². The van der Waals surface area contributed by atoms with Gasteiger partial charge in [0.1, 0.15) is 10.7 Å². The number of hydrogen-bond donors (Lipinski definition) is 2. The fourth-order valence-corrected chi connectivity index (χ4v) is 3.25. The lowest BCUT2D eigenvalue weighted by Crippen LogP contribution is -2.13. The highest BCUT2D eigenvalue weighted by Gasteiger charge is 2.28. The summed E-state index contributed by atoms with van der Waals surface area (Å²) in [5.74, 6) is 0.0524. The third-order valence-corrected chi connectivity index (χ3v) is 4.98. The minimum atomic E-state index is -0.475. The number of anilines is 2. The molecule has 1 aromatic heterocycles. The van der Waals surface area contributed by atoms with Gasteiger partial charge in [-0.2, -0.15) is 0 Å². The topological polar surface area (TPSA) is 110 Å². The molecule has 2 aliphatic rings. The van der Waals surface area contributed by atoms with Gasteiger partial charge in [0.2, 0.25) is 5.13 Å². The average molecular weight is 345 g/mol. The van der Waals surface area contributed by atoms with E-state index in [4.69, 9.17) is 0 Å². The molecular weight excluding hydrogens is 330 g/mol. The Morgan fingerprint density at radius 2 is 2.04 bits per heavy atom. The molecule has 0 unspecified atom stereocenters. The van der Waals surface area contributed by atoms with Crippen LogP contribution in [-0.2, 0) is 0 Å². The summed E-state index contributed by atoms with van der Waals surface area (Å²) in [4.78, 5) is 23.1. The van der Waals surface area contributed by atoms with E-state index in [9.17, 15) is 14.9 Å². The molecule has 0 saturated heterocycles. The van der Waals surface area contributed by atoms with Crippen LogP contribution in [0.5, 0.6) is 0 Å². The van der Waals surface area contributed by atoms with Crippen LogP contribution < -0.4 is 10.6 Å². The maximum Gasteiger partial charge on any atom is 0.293 e. The van der Waals surface area contributed by atoms with Crippen molar-refractivity contribution in [1.82, 2.24) is 10.2 Å². The SMILES string of the molecule is O=C(Nc1nnc(C2CC2)s1)c1ccc(NC2CC2)c([N+](=O)[O-])c1. The van der Waals surface area contributed by atoms with Crippen molar-refractivity contribution in [3.63, 3.8) is 0 Å². The molecule has 9 heteroatoms. The molecule has 2 N–H and O–H groups in total. The summed E-state index contributed by atoms with van der Waals surface area (Å²) < 4.78 is 0. The number of nitrogens with one attached hydrogen (secondary N) is 2. The number of hydrogen-bond acceptors (Lipinski definition) is 7. The van der Waals surface area contributed by atoms with Gasteiger partial charge in [-0.05, 0) is 37.8 Å². The van der Waals surface area contributed by atoms with Crippen molar-refractivity contribution in [3.05, 3.63) is 38.9 Å². The van der Waals surface area contributed by atoms with Crippen LogP contribution in [0.15, 0.2) is 18.2 Å². The van der Waals surface area contributed by atoms with E-state index in [0.717, 1.165) is 30.7 Å². The van der Waals surface area contributed by atoms with Gasteiger partial charge in [0.25, 0.3) is 11.6 Å². The molecule has 1 aromatic carbocycles. The van der Waals surface area contributed by atoms with Crippen molar-refractivity contribution in [3.8, 4) is 0 Å². The zero-order valence-electron chi connectivity index (χ0n) is 12.7. The highest BCUT2D eigenvalue weighted by atomic mass is 32.1. The van der Waals surface area contributed by atoms with Crippen LogP contribution in [0, 0.1) is 10.1 Å². The van der Waals surface area contributed by atoms with Gasteiger partial charge in [-0.3, -0.25) is 20.2 Å². The summed E-state index contributed by atoms with van der Waals surface area (Å²) in [7, 11) is 0. The van der Waals surface area contributed by atoms with Gasteiger partial charge in [0.05, 0.1) is 4.92 Å². The Morgan fingerprint density at radius 1 is 1.25 bits per heavy atom. The zero-order chi connectivity index (χ0) is 16.7. The minimum Gasteiger partial charge on any atom is -0.377 e. The van der Waals surface area contributed by atoms with Crippen molar-refractivity contribution in [2.24, 2.45) is 0 Å². The summed E-state index contributed by atoms with van der Waals surface area (Å²) in [6.07, 6.45) is 4.26. The fraction of sp³-hybridized carbons (Fsp3) is 0.400. The lowest BCUT2D eigenvalue weighted by atomic mass is 10.1. The molecule has 1 heterocycles. The van der Waals surface area contributed by atoms with Crippen LogP contribution in [0.2, 0.25) is 0 Å². The van der Waals surface area contributed by atoms with E-state index in [-0.39, 0.29) is 11.3 Å². The standard InChI is InChI=1S/C15H15N5O3S/c21-13(17-15-19-18-14(24-15)8-1-2-8)9-3-6-11(16-10-4-5-10)12(7-9)20(22)23/h3,6-8,10,16H,1-2,4-5H2,(H,17,19,21). The second-order valence-corrected chi connectivity index (χ2v) is 7.09. The first-order chi connectivity index (χ1) is 11.6. The third kappa shape index (κ3) is 3.21. The maximum atomic E-state index is 12.3. The van der Waals surface area contributed by atoms with Crippen LogP contribution in [0.4, 0.5) is 16.5 Å². The number of carbonyl (C=O) groups is 1. The number of rotatable bonds is 6. The van der Waals surface area contributed by atoms with Crippen LogP contribution in [-0.4, -0.2) is 27.1 Å². The quantitative estimate of drug-likeness (QED) is 0.615. The van der Waals surface area contributed by atoms with Crippen molar-refractivity contribution in [2.45, 2.75) is 37.6 Å². The Morgan fingerprint density at radius 3 is 2.71 bits per heavy atom. The highest BCUT2D eigenvalue weighted by molar-refractivity contribution is 7.15. The number of amides is 1. The van der Waals surface area contributed by atoms with Gasteiger partial charge in [-0.15, -0.1) is 10.2 Å². The molecule has 2 fully saturated rings. The van der Waals surface area contributed by atoms with Crippen LogP contribution in [0.25, 0.3) is 0 Å². The Kier molecular flexibility index (Phi) is 3.64. The van der Waals surface area contributed by atoms with Gasteiger partial charge >= 0.3 is 0 Å². The monoisotopic (exact) mass is 345 g/mol. The summed E-state index contributed by atoms with van der Waals surface area (Å²) in [6.45, 7) is 0. The second kappa shape index (κ2) is 5.82. The predicted octanol–water partition coefficient (Wildman–Crippen LogP) is 3.15. The first-order valence-electron chi connectivity index (χ1n) is 7.80. The highest BCUT2D eigenvalue weighted by Crippen LogP contribution is 2.42. The van der Waals surface area contributed by atoms with Crippen molar-refractivity contribution >= 4 is 33.8 Å². The van der Waals surface area contributed by atoms with E-state index in [0.29, 0.717) is 22.8 Å². The number of carbonyl (C=O) groups excluding carboxylic acids is 1. The van der Waals surface area contributed by atoms with Crippen LogP contribution in [0.3, 0.4) is 0 Å². The third-order valence-electron chi connectivity index (χ3n) is 3.98. The molecule has 1 amide bonds. The lowest BCUT2D eigenvalue weighted by molar-refractivity contribution is -0.384. The van der Waals surface area contributed by atoms with E-state index in [1.807, 2.05) is 0 Å².